The summed E-state index contributed by atoms with van der Waals surface area (Å²) in [5, 5.41) is 0.597. The summed E-state index contributed by atoms with van der Waals surface area (Å²) in [6.45, 7) is 10.8. The Balaban J connectivity index is 2.27. The van der Waals surface area contributed by atoms with Crippen molar-refractivity contribution in [2.24, 2.45) is 0 Å². The average Bonchev–Trinajstić information content (AvgIpc) is 2.91. The monoisotopic (exact) mass is 319 g/mol. The molecule has 0 fully saturated rings. The van der Waals surface area contributed by atoms with Crippen molar-refractivity contribution >= 4 is 27.5 Å². The van der Waals surface area contributed by atoms with Gasteiger partial charge in [-0.15, -0.1) is 11.3 Å². The number of aromatic nitrogens is 2. The predicted octanol–water partition coefficient (Wildman–Crippen LogP) is 2.45. The largest absolute Gasteiger partial charge is 0.337 e. The Labute approximate surface area is 133 Å². The molecule has 0 atom stereocenters. The first-order valence-electron chi connectivity index (χ1n) is 7.36. The molecule has 2 heterocycles. The maximum Gasteiger partial charge on any atom is 0.262 e. The third-order valence-electron chi connectivity index (χ3n) is 3.42. The molecule has 22 heavy (non-hydrogen) atoms. The third-order valence-corrected chi connectivity index (χ3v) is 4.61. The van der Waals surface area contributed by atoms with Gasteiger partial charge < -0.3 is 4.90 Å². The molecule has 0 spiro atoms. The van der Waals surface area contributed by atoms with E-state index in [4.69, 9.17) is 0 Å². The van der Waals surface area contributed by atoms with Gasteiger partial charge in [-0.2, -0.15) is 0 Å². The molecule has 2 aromatic rings. The summed E-state index contributed by atoms with van der Waals surface area (Å²) in [4.78, 5) is 32.6. The number of nitrogens with zero attached hydrogens (tertiary/aromatic N) is 3. The highest BCUT2D eigenvalue weighted by Crippen LogP contribution is 2.20. The number of likely N-dealkylation sites (N-methyl/N-ethyl adjacent to an activating group) is 1. The van der Waals surface area contributed by atoms with Gasteiger partial charge in [0.2, 0.25) is 5.91 Å². The van der Waals surface area contributed by atoms with E-state index in [2.05, 4.69) is 11.6 Å². The number of hydrogen-bond acceptors (Lipinski definition) is 4. The molecule has 0 saturated carbocycles. The summed E-state index contributed by atoms with van der Waals surface area (Å²) >= 11 is 1.53. The average molecular weight is 319 g/mol. The molecule has 0 saturated heterocycles. The van der Waals surface area contributed by atoms with Crippen LogP contribution in [-0.4, -0.2) is 33.4 Å². The maximum absolute atomic E-state index is 12.5. The Morgan fingerprint density at radius 3 is 2.77 bits per heavy atom. The summed E-state index contributed by atoms with van der Waals surface area (Å²) in [5.41, 5.74) is 0.766. The molecule has 1 amide bonds. The SMILES string of the molecule is C=C(C)CN(CC)C(=O)Cn1cnc2sc(CC)cc2c1=O. The van der Waals surface area contributed by atoms with E-state index in [0.717, 1.165) is 21.7 Å². The van der Waals surface area contributed by atoms with Gasteiger partial charge in [-0.1, -0.05) is 19.1 Å². The van der Waals surface area contributed by atoms with Crippen LogP contribution in [0.5, 0.6) is 0 Å². The van der Waals surface area contributed by atoms with Crippen molar-refractivity contribution in [2.45, 2.75) is 33.7 Å². The zero-order chi connectivity index (χ0) is 16.3. The lowest BCUT2D eigenvalue weighted by Gasteiger charge is -2.21. The van der Waals surface area contributed by atoms with E-state index in [1.807, 2.05) is 26.8 Å². The smallest absolute Gasteiger partial charge is 0.262 e. The van der Waals surface area contributed by atoms with E-state index in [-0.39, 0.29) is 18.0 Å². The topological polar surface area (TPSA) is 55.2 Å². The molecule has 6 heteroatoms. The van der Waals surface area contributed by atoms with Crippen LogP contribution in [0.4, 0.5) is 0 Å². The molecule has 0 aromatic carbocycles. The summed E-state index contributed by atoms with van der Waals surface area (Å²) < 4.78 is 1.39. The van der Waals surface area contributed by atoms with Gasteiger partial charge in [0.15, 0.2) is 0 Å². The van der Waals surface area contributed by atoms with Gasteiger partial charge in [-0.05, 0) is 26.3 Å². The number of carbonyl (C=O) groups excluding carboxylic acids is 1. The second-order valence-electron chi connectivity index (χ2n) is 5.33. The molecule has 0 aliphatic rings. The zero-order valence-corrected chi connectivity index (χ0v) is 14.1. The number of aryl methyl sites for hydroxylation is 1. The third kappa shape index (κ3) is 3.44. The quantitative estimate of drug-likeness (QED) is 0.769. The number of rotatable bonds is 6. The highest BCUT2D eigenvalue weighted by atomic mass is 32.1. The number of amides is 1. The molecule has 2 aromatic heterocycles. The van der Waals surface area contributed by atoms with E-state index >= 15 is 0 Å². The van der Waals surface area contributed by atoms with Crippen molar-refractivity contribution in [3.05, 3.63) is 39.8 Å². The second-order valence-corrected chi connectivity index (χ2v) is 6.44. The minimum absolute atomic E-state index is 0.0141. The van der Waals surface area contributed by atoms with Crippen LogP contribution in [0.2, 0.25) is 0 Å². The van der Waals surface area contributed by atoms with E-state index in [1.165, 1.54) is 22.2 Å². The Hall–Kier alpha value is -1.95. The van der Waals surface area contributed by atoms with Crippen LogP contribution >= 0.6 is 11.3 Å². The van der Waals surface area contributed by atoms with Gasteiger partial charge in [0.1, 0.15) is 11.4 Å². The lowest BCUT2D eigenvalue weighted by molar-refractivity contribution is -0.131. The fraction of sp³-hybridized carbons (Fsp3) is 0.438. The molecule has 0 aliphatic carbocycles. The minimum atomic E-state index is -0.152. The first kappa shape index (κ1) is 16.4. The molecule has 0 radical (unpaired) electrons. The van der Waals surface area contributed by atoms with Crippen LogP contribution in [0, 0.1) is 0 Å². The van der Waals surface area contributed by atoms with Crippen molar-refractivity contribution in [1.29, 1.82) is 0 Å². The molecule has 0 aliphatic heterocycles. The highest BCUT2D eigenvalue weighted by Gasteiger charge is 2.15. The van der Waals surface area contributed by atoms with Crippen LogP contribution in [0.15, 0.2) is 29.3 Å². The summed E-state index contributed by atoms with van der Waals surface area (Å²) in [5.74, 6) is -0.0975. The Bertz CT molecular complexity index is 760. The molecular weight excluding hydrogens is 298 g/mol. The molecule has 2 rings (SSSR count). The fourth-order valence-electron chi connectivity index (χ4n) is 2.24. The van der Waals surface area contributed by atoms with Crippen molar-refractivity contribution in [3.63, 3.8) is 0 Å². The number of thiophene rings is 1. The Kier molecular flexibility index (Phi) is 5.13. The van der Waals surface area contributed by atoms with Gasteiger partial charge in [-0.3, -0.25) is 14.2 Å². The molecule has 0 bridgehead atoms. The number of fused-ring (bicyclic) bond motifs is 1. The molecule has 0 N–H and O–H groups in total. The minimum Gasteiger partial charge on any atom is -0.337 e. The van der Waals surface area contributed by atoms with E-state index in [1.54, 1.807) is 4.90 Å². The Morgan fingerprint density at radius 1 is 1.45 bits per heavy atom. The molecule has 118 valence electrons. The van der Waals surface area contributed by atoms with Gasteiger partial charge in [0.05, 0.1) is 11.7 Å². The van der Waals surface area contributed by atoms with E-state index in [9.17, 15) is 9.59 Å². The number of hydrogen-bond donors (Lipinski definition) is 0. The lowest BCUT2D eigenvalue weighted by Crippen LogP contribution is -2.37. The van der Waals surface area contributed by atoms with Crippen molar-refractivity contribution in [2.75, 3.05) is 13.1 Å². The van der Waals surface area contributed by atoms with Crippen molar-refractivity contribution in [3.8, 4) is 0 Å². The van der Waals surface area contributed by atoms with Crippen LogP contribution in [0.25, 0.3) is 10.2 Å². The van der Waals surface area contributed by atoms with E-state index < -0.39 is 0 Å². The Morgan fingerprint density at radius 2 is 2.18 bits per heavy atom. The fourth-order valence-corrected chi connectivity index (χ4v) is 3.17. The number of carbonyl (C=O) groups is 1. The summed E-state index contributed by atoms with van der Waals surface area (Å²) in [7, 11) is 0. The van der Waals surface area contributed by atoms with Gasteiger partial charge >= 0.3 is 0 Å². The highest BCUT2D eigenvalue weighted by molar-refractivity contribution is 7.18. The first-order chi connectivity index (χ1) is 10.5. The standard InChI is InChI=1S/C16H21N3O2S/c1-5-12-7-13-15(22-12)17-10-19(16(13)21)9-14(20)18(6-2)8-11(3)4/h7,10H,3,5-6,8-9H2,1-2,4H3. The molecule has 0 unspecified atom stereocenters. The van der Waals surface area contributed by atoms with Crippen LogP contribution < -0.4 is 5.56 Å². The first-order valence-corrected chi connectivity index (χ1v) is 8.17. The predicted molar refractivity (Wildman–Crippen MR) is 90.3 cm³/mol. The van der Waals surface area contributed by atoms with Crippen LogP contribution in [0.3, 0.4) is 0 Å². The molecule has 5 nitrogen and oxygen atoms in total. The van der Waals surface area contributed by atoms with Crippen molar-refractivity contribution in [1.82, 2.24) is 14.5 Å². The zero-order valence-electron chi connectivity index (χ0n) is 13.3. The van der Waals surface area contributed by atoms with Crippen LogP contribution in [-0.2, 0) is 17.8 Å². The van der Waals surface area contributed by atoms with Crippen LogP contribution in [0.1, 0.15) is 25.6 Å². The van der Waals surface area contributed by atoms with E-state index in [0.29, 0.717) is 18.5 Å². The lowest BCUT2D eigenvalue weighted by atomic mass is 10.3. The molecular formula is C16H21N3O2S. The van der Waals surface area contributed by atoms with Crippen molar-refractivity contribution < 1.29 is 4.79 Å². The van der Waals surface area contributed by atoms with Gasteiger partial charge in [0.25, 0.3) is 5.56 Å². The summed E-state index contributed by atoms with van der Waals surface area (Å²) in [6.07, 6.45) is 2.34. The second kappa shape index (κ2) is 6.87. The van der Waals surface area contributed by atoms with Gasteiger partial charge in [-0.25, -0.2) is 4.98 Å². The summed E-state index contributed by atoms with van der Waals surface area (Å²) in [6, 6.07) is 1.88. The maximum atomic E-state index is 12.5. The normalized spacial score (nSPS) is 10.9. The van der Waals surface area contributed by atoms with Gasteiger partial charge in [0, 0.05) is 18.0 Å².